The van der Waals surface area contributed by atoms with Gasteiger partial charge in [0.25, 0.3) is 0 Å². The summed E-state index contributed by atoms with van der Waals surface area (Å²) in [6.45, 7) is 1.98. The number of anilines is 1. The highest BCUT2D eigenvalue weighted by molar-refractivity contribution is 6.30. The van der Waals surface area contributed by atoms with Crippen molar-refractivity contribution in [1.82, 2.24) is 4.90 Å². The third-order valence-corrected chi connectivity index (χ3v) is 3.66. The van der Waals surface area contributed by atoms with Crippen LogP contribution in [0.1, 0.15) is 18.4 Å². The van der Waals surface area contributed by atoms with Crippen molar-refractivity contribution in [3.63, 3.8) is 0 Å². The highest BCUT2D eigenvalue weighted by Crippen LogP contribution is 2.23. The molecule has 0 saturated carbocycles. The molecule has 106 valence electrons. The van der Waals surface area contributed by atoms with Gasteiger partial charge in [-0.15, -0.1) is 0 Å². The summed E-state index contributed by atoms with van der Waals surface area (Å²) >= 11 is 5.88. The van der Waals surface area contributed by atoms with Gasteiger partial charge in [0.05, 0.1) is 17.8 Å². The standard InChI is InChI=1S/C14H17ClN4O/c15-11-1-2-13(10(7-11)8-16)18-12-3-5-19(6-4-12)9-14(17)20/h1-2,7,12,18H,3-6,9H2,(H2,17,20). The number of carbonyl (C=O) groups excluding carboxylic acids is 1. The number of hydrogen-bond donors (Lipinski definition) is 2. The third kappa shape index (κ3) is 3.86. The van der Waals surface area contributed by atoms with Gasteiger partial charge in [0.1, 0.15) is 6.07 Å². The van der Waals surface area contributed by atoms with Crippen LogP contribution in [0.5, 0.6) is 0 Å². The lowest BCUT2D eigenvalue weighted by Gasteiger charge is -2.32. The normalized spacial score (nSPS) is 16.6. The molecule has 1 saturated heterocycles. The van der Waals surface area contributed by atoms with E-state index in [1.54, 1.807) is 12.1 Å². The number of nitrogens with one attached hydrogen (secondary N) is 1. The van der Waals surface area contributed by atoms with Gasteiger partial charge in [-0.05, 0) is 31.0 Å². The number of piperidine rings is 1. The van der Waals surface area contributed by atoms with Crippen molar-refractivity contribution in [2.24, 2.45) is 5.73 Å². The van der Waals surface area contributed by atoms with Gasteiger partial charge >= 0.3 is 0 Å². The van der Waals surface area contributed by atoms with Crippen molar-refractivity contribution in [2.75, 3.05) is 25.0 Å². The van der Waals surface area contributed by atoms with E-state index >= 15 is 0 Å². The van der Waals surface area contributed by atoms with Gasteiger partial charge in [-0.25, -0.2) is 0 Å². The average Bonchev–Trinajstić information content (AvgIpc) is 2.42. The zero-order chi connectivity index (χ0) is 14.5. The summed E-state index contributed by atoms with van der Waals surface area (Å²) in [6, 6.07) is 7.70. The summed E-state index contributed by atoms with van der Waals surface area (Å²) in [6.07, 6.45) is 1.83. The lowest BCUT2D eigenvalue weighted by atomic mass is 10.0. The summed E-state index contributed by atoms with van der Waals surface area (Å²) in [5, 5.41) is 13.0. The molecule has 1 aliphatic heterocycles. The molecule has 0 aliphatic carbocycles. The molecular formula is C14H17ClN4O. The maximum absolute atomic E-state index is 10.9. The molecule has 1 heterocycles. The second kappa shape index (κ2) is 6.60. The first-order valence-electron chi connectivity index (χ1n) is 6.55. The molecule has 0 aromatic heterocycles. The second-order valence-electron chi connectivity index (χ2n) is 4.96. The Morgan fingerprint density at radius 1 is 1.50 bits per heavy atom. The molecule has 1 aromatic rings. The quantitative estimate of drug-likeness (QED) is 0.882. The van der Waals surface area contributed by atoms with Crippen molar-refractivity contribution in [3.8, 4) is 6.07 Å². The van der Waals surface area contributed by atoms with Crippen LogP contribution in [0.15, 0.2) is 18.2 Å². The van der Waals surface area contributed by atoms with Crippen molar-refractivity contribution in [1.29, 1.82) is 5.26 Å². The Hall–Kier alpha value is -1.77. The molecule has 2 rings (SSSR count). The Bertz CT molecular complexity index is 532. The van der Waals surface area contributed by atoms with Crippen LogP contribution in [-0.2, 0) is 4.79 Å². The highest BCUT2D eigenvalue weighted by atomic mass is 35.5. The zero-order valence-corrected chi connectivity index (χ0v) is 11.9. The minimum atomic E-state index is -0.291. The van der Waals surface area contributed by atoms with Crippen LogP contribution in [0, 0.1) is 11.3 Å². The number of likely N-dealkylation sites (tertiary alicyclic amines) is 1. The molecule has 3 N–H and O–H groups in total. The molecule has 0 unspecified atom stereocenters. The Balaban J connectivity index is 1.93. The van der Waals surface area contributed by atoms with E-state index in [2.05, 4.69) is 11.4 Å². The number of primary amides is 1. The molecule has 0 spiro atoms. The van der Waals surface area contributed by atoms with E-state index in [9.17, 15) is 4.79 Å². The number of amides is 1. The Morgan fingerprint density at radius 3 is 2.80 bits per heavy atom. The van der Waals surface area contributed by atoms with Gasteiger partial charge in [-0.1, -0.05) is 11.6 Å². The number of nitriles is 1. The van der Waals surface area contributed by atoms with Gasteiger partial charge in [0, 0.05) is 24.2 Å². The largest absolute Gasteiger partial charge is 0.381 e. The molecule has 1 fully saturated rings. The van der Waals surface area contributed by atoms with Crippen molar-refractivity contribution >= 4 is 23.2 Å². The Labute approximate surface area is 123 Å². The number of rotatable bonds is 4. The number of benzene rings is 1. The smallest absolute Gasteiger partial charge is 0.231 e. The van der Waals surface area contributed by atoms with E-state index in [0.29, 0.717) is 23.2 Å². The fourth-order valence-corrected chi connectivity index (χ4v) is 2.58. The fourth-order valence-electron chi connectivity index (χ4n) is 2.41. The highest BCUT2D eigenvalue weighted by Gasteiger charge is 2.20. The Morgan fingerprint density at radius 2 is 2.20 bits per heavy atom. The number of nitrogens with two attached hydrogens (primary N) is 1. The first-order valence-corrected chi connectivity index (χ1v) is 6.93. The van der Waals surface area contributed by atoms with Crippen molar-refractivity contribution in [3.05, 3.63) is 28.8 Å². The predicted molar refractivity (Wildman–Crippen MR) is 78.4 cm³/mol. The molecule has 1 aromatic carbocycles. The molecule has 20 heavy (non-hydrogen) atoms. The van der Waals surface area contributed by atoms with Crippen LogP contribution in [0.25, 0.3) is 0 Å². The Kier molecular flexibility index (Phi) is 4.83. The molecular weight excluding hydrogens is 276 g/mol. The zero-order valence-electron chi connectivity index (χ0n) is 11.1. The average molecular weight is 293 g/mol. The SMILES string of the molecule is N#Cc1cc(Cl)ccc1NC1CCN(CC(N)=O)CC1. The topological polar surface area (TPSA) is 82.2 Å². The molecule has 5 nitrogen and oxygen atoms in total. The van der Waals surface area contributed by atoms with Gasteiger partial charge in [0.15, 0.2) is 0 Å². The first kappa shape index (κ1) is 14.6. The van der Waals surface area contributed by atoms with E-state index in [1.165, 1.54) is 0 Å². The molecule has 6 heteroatoms. The van der Waals surface area contributed by atoms with E-state index < -0.39 is 0 Å². The van der Waals surface area contributed by atoms with Crippen LogP contribution in [-0.4, -0.2) is 36.5 Å². The minimum absolute atomic E-state index is 0.291. The van der Waals surface area contributed by atoms with Crippen LogP contribution in [0.4, 0.5) is 5.69 Å². The molecule has 0 radical (unpaired) electrons. The second-order valence-corrected chi connectivity index (χ2v) is 5.40. The molecule has 0 bridgehead atoms. The van der Waals surface area contributed by atoms with Crippen LogP contribution in [0.2, 0.25) is 5.02 Å². The van der Waals surface area contributed by atoms with Crippen LogP contribution in [0.3, 0.4) is 0 Å². The number of nitrogens with zero attached hydrogens (tertiary/aromatic N) is 2. The molecule has 1 aliphatic rings. The minimum Gasteiger partial charge on any atom is -0.381 e. The summed E-state index contributed by atoms with van der Waals surface area (Å²) in [4.78, 5) is 12.9. The maximum Gasteiger partial charge on any atom is 0.231 e. The number of carbonyl (C=O) groups is 1. The lowest BCUT2D eigenvalue weighted by Crippen LogP contribution is -2.43. The maximum atomic E-state index is 10.9. The summed E-state index contributed by atoms with van der Waals surface area (Å²) in [5.41, 5.74) is 6.55. The van der Waals surface area contributed by atoms with E-state index in [1.807, 2.05) is 11.0 Å². The lowest BCUT2D eigenvalue weighted by molar-refractivity contribution is -0.119. The van der Waals surface area contributed by atoms with Gasteiger partial charge in [0.2, 0.25) is 5.91 Å². The van der Waals surface area contributed by atoms with Crippen molar-refractivity contribution < 1.29 is 4.79 Å². The summed E-state index contributed by atoms with van der Waals surface area (Å²) in [5.74, 6) is -0.291. The first-order chi connectivity index (χ1) is 9.58. The van der Waals surface area contributed by atoms with E-state index in [4.69, 9.17) is 22.6 Å². The monoisotopic (exact) mass is 292 g/mol. The molecule has 1 amide bonds. The van der Waals surface area contributed by atoms with E-state index in [0.717, 1.165) is 31.6 Å². The summed E-state index contributed by atoms with van der Waals surface area (Å²) in [7, 11) is 0. The van der Waals surface area contributed by atoms with Crippen LogP contribution < -0.4 is 11.1 Å². The number of hydrogen-bond acceptors (Lipinski definition) is 4. The van der Waals surface area contributed by atoms with Crippen LogP contribution >= 0.6 is 11.6 Å². The van der Waals surface area contributed by atoms with Gasteiger partial charge < -0.3 is 11.1 Å². The fraction of sp³-hybridized carbons (Fsp3) is 0.429. The number of halogens is 1. The summed E-state index contributed by atoms with van der Waals surface area (Å²) < 4.78 is 0. The molecule has 0 atom stereocenters. The van der Waals surface area contributed by atoms with E-state index in [-0.39, 0.29) is 5.91 Å². The van der Waals surface area contributed by atoms with Crippen molar-refractivity contribution in [2.45, 2.75) is 18.9 Å². The predicted octanol–water partition coefficient (Wildman–Crippen LogP) is 1.57. The third-order valence-electron chi connectivity index (χ3n) is 3.43. The van der Waals surface area contributed by atoms with Gasteiger partial charge in [-0.2, -0.15) is 5.26 Å². The van der Waals surface area contributed by atoms with Gasteiger partial charge in [-0.3, -0.25) is 9.69 Å².